The lowest BCUT2D eigenvalue weighted by molar-refractivity contribution is -0.157. The van der Waals surface area contributed by atoms with Crippen LogP contribution in [-0.2, 0) is 14.3 Å². The number of rotatable bonds is 7. The maximum atomic E-state index is 11.4. The molecule has 0 aromatic carbocycles. The van der Waals surface area contributed by atoms with Crippen molar-refractivity contribution in [2.24, 2.45) is 5.41 Å². The average Bonchev–Trinajstić information content (AvgIpc) is 2.99. The van der Waals surface area contributed by atoms with Crippen molar-refractivity contribution in [1.82, 2.24) is 0 Å². The molecule has 0 fully saturated rings. The zero-order valence-electron chi connectivity index (χ0n) is 9.78. The summed E-state index contributed by atoms with van der Waals surface area (Å²) in [5, 5.41) is 9.03. The number of ether oxygens (including phenoxy) is 1. The van der Waals surface area contributed by atoms with Crippen molar-refractivity contribution in [2.75, 3.05) is 7.11 Å². The fourth-order valence-electron chi connectivity index (χ4n) is 1.87. The molecule has 0 saturated carbocycles. The third-order valence-electron chi connectivity index (χ3n) is 2.96. The molecule has 0 saturated heterocycles. The van der Waals surface area contributed by atoms with Crippen LogP contribution in [0.3, 0.4) is 0 Å². The molecule has 1 N–H and O–H groups in total. The quantitative estimate of drug-likeness (QED) is 0.312. The van der Waals surface area contributed by atoms with E-state index in [1.54, 1.807) is 0 Å². The van der Waals surface area contributed by atoms with E-state index in [9.17, 15) is 9.59 Å². The largest absolute Gasteiger partial charge is 0.480 e. The molecule has 4 heteroatoms. The fraction of sp³-hybridized carbons (Fsp3) is 0.667. The van der Waals surface area contributed by atoms with Gasteiger partial charge in [-0.25, -0.2) is 0 Å². The molecule has 90 valence electrons. The van der Waals surface area contributed by atoms with Crippen molar-refractivity contribution in [2.45, 2.75) is 39.0 Å². The van der Waals surface area contributed by atoms with Crippen molar-refractivity contribution >= 4 is 11.9 Å². The van der Waals surface area contributed by atoms with E-state index in [0.717, 1.165) is 25.7 Å². The van der Waals surface area contributed by atoms with Crippen LogP contribution in [-0.4, -0.2) is 24.2 Å². The van der Waals surface area contributed by atoms with E-state index in [-0.39, 0.29) is 0 Å². The Balaban J connectivity index is 2.44. The van der Waals surface area contributed by atoms with Crippen molar-refractivity contribution in [3.05, 3.63) is 11.6 Å². The summed E-state index contributed by atoms with van der Waals surface area (Å²) in [6.45, 7) is 2.12. The summed E-state index contributed by atoms with van der Waals surface area (Å²) < 4.78 is 4.52. The average molecular weight is 226 g/mol. The lowest BCUT2D eigenvalue weighted by Crippen LogP contribution is -2.30. The molecule has 0 aromatic heterocycles. The van der Waals surface area contributed by atoms with Gasteiger partial charge in [0, 0.05) is 0 Å². The van der Waals surface area contributed by atoms with Crippen LogP contribution in [0.4, 0.5) is 0 Å². The lowest BCUT2D eigenvalue weighted by Gasteiger charge is -2.10. The van der Waals surface area contributed by atoms with Gasteiger partial charge < -0.3 is 9.84 Å². The van der Waals surface area contributed by atoms with E-state index in [0.29, 0.717) is 12.0 Å². The molecule has 1 aliphatic rings. The molecule has 16 heavy (non-hydrogen) atoms. The molecule has 1 unspecified atom stereocenters. The number of esters is 1. The molecule has 0 amide bonds. The normalized spacial score (nSPS) is 22.5. The number of carboxylic acids is 1. The summed E-state index contributed by atoms with van der Waals surface area (Å²) in [5.74, 6) is -1.80. The summed E-state index contributed by atoms with van der Waals surface area (Å²) in [6.07, 6.45) is 6.48. The maximum absolute atomic E-state index is 11.4. The van der Waals surface area contributed by atoms with Gasteiger partial charge in [-0.2, -0.15) is 0 Å². The molecule has 1 atom stereocenters. The van der Waals surface area contributed by atoms with E-state index in [1.807, 2.05) is 0 Å². The third-order valence-corrected chi connectivity index (χ3v) is 2.96. The standard InChI is InChI=1S/C12H18O4/c1-3-4-5-6-7-9-8-12(9,10(13)14)11(15)16-2/h8H,3-7H2,1-2H3,(H,13,14). The van der Waals surface area contributed by atoms with E-state index in [4.69, 9.17) is 5.11 Å². The van der Waals surface area contributed by atoms with Gasteiger partial charge in [0.2, 0.25) is 5.41 Å². The molecule has 4 nitrogen and oxygen atoms in total. The monoisotopic (exact) mass is 226 g/mol. The number of carboxylic acid groups (broad SMARTS) is 1. The van der Waals surface area contributed by atoms with Gasteiger partial charge in [-0.3, -0.25) is 9.59 Å². The van der Waals surface area contributed by atoms with Gasteiger partial charge in [0.05, 0.1) is 7.11 Å². The Kier molecular flexibility index (Phi) is 4.10. The van der Waals surface area contributed by atoms with Gasteiger partial charge in [0.25, 0.3) is 0 Å². The van der Waals surface area contributed by atoms with Crippen molar-refractivity contribution < 1.29 is 19.4 Å². The number of hydrogen-bond acceptors (Lipinski definition) is 3. The molecule has 0 spiro atoms. The van der Waals surface area contributed by atoms with Crippen molar-refractivity contribution in [3.63, 3.8) is 0 Å². The Hall–Kier alpha value is -1.32. The second kappa shape index (κ2) is 5.14. The molecular formula is C12H18O4. The molecule has 1 rings (SSSR count). The molecule has 0 bridgehead atoms. The number of aliphatic carboxylic acids is 1. The van der Waals surface area contributed by atoms with E-state index in [2.05, 4.69) is 11.7 Å². The first-order valence-electron chi connectivity index (χ1n) is 5.63. The van der Waals surface area contributed by atoms with Crippen molar-refractivity contribution in [3.8, 4) is 0 Å². The van der Waals surface area contributed by atoms with E-state index < -0.39 is 17.4 Å². The number of methoxy groups -OCH3 is 1. The molecule has 0 aromatic rings. The molecule has 0 radical (unpaired) electrons. The van der Waals surface area contributed by atoms with E-state index in [1.165, 1.54) is 13.2 Å². The highest BCUT2D eigenvalue weighted by atomic mass is 16.5. The van der Waals surface area contributed by atoms with E-state index >= 15 is 0 Å². The molecule has 0 aliphatic heterocycles. The van der Waals surface area contributed by atoms with Crippen LogP contribution in [0.5, 0.6) is 0 Å². The summed E-state index contributed by atoms with van der Waals surface area (Å²) in [6, 6.07) is 0. The third kappa shape index (κ3) is 2.26. The van der Waals surface area contributed by atoms with Crippen LogP contribution in [0.1, 0.15) is 39.0 Å². The SMILES string of the molecule is CCCCCCC1=CC1(C(=O)O)C(=O)OC. The number of unbranched alkanes of at least 4 members (excludes halogenated alkanes) is 3. The predicted molar refractivity (Wildman–Crippen MR) is 58.9 cm³/mol. The van der Waals surface area contributed by atoms with Crippen LogP contribution >= 0.6 is 0 Å². The Bertz CT molecular complexity index is 319. The first-order valence-corrected chi connectivity index (χ1v) is 5.63. The highest BCUT2D eigenvalue weighted by molar-refractivity contribution is 6.10. The first kappa shape index (κ1) is 12.7. The summed E-state index contributed by atoms with van der Waals surface area (Å²) in [4.78, 5) is 22.4. The zero-order valence-corrected chi connectivity index (χ0v) is 9.78. The Labute approximate surface area is 95.3 Å². The van der Waals surface area contributed by atoms with Gasteiger partial charge >= 0.3 is 11.9 Å². The second-order valence-electron chi connectivity index (χ2n) is 4.08. The summed E-state index contributed by atoms with van der Waals surface area (Å²) in [5.41, 5.74) is -0.732. The summed E-state index contributed by atoms with van der Waals surface area (Å²) >= 11 is 0. The second-order valence-corrected chi connectivity index (χ2v) is 4.08. The van der Waals surface area contributed by atoms with Gasteiger partial charge in [0.15, 0.2) is 0 Å². The predicted octanol–water partition coefficient (Wildman–Crippen LogP) is 2.14. The highest BCUT2D eigenvalue weighted by Gasteiger charge is 2.58. The number of hydrogen-bond donors (Lipinski definition) is 1. The number of carbonyl (C=O) groups is 2. The first-order chi connectivity index (χ1) is 7.59. The van der Waals surface area contributed by atoms with Crippen LogP contribution in [0.25, 0.3) is 0 Å². The van der Waals surface area contributed by atoms with Gasteiger partial charge in [-0.15, -0.1) is 0 Å². The minimum atomic E-state index is -1.43. The molecule has 1 aliphatic carbocycles. The Morgan fingerprint density at radius 3 is 2.56 bits per heavy atom. The highest BCUT2D eigenvalue weighted by Crippen LogP contribution is 2.48. The minimum Gasteiger partial charge on any atom is -0.480 e. The Morgan fingerprint density at radius 2 is 2.06 bits per heavy atom. The summed E-state index contributed by atoms with van der Waals surface area (Å²) in [7, 11) is 1.22. The topological polar surface area (TPSA) is 63.6 Å². The van der Waals surface area contributed by atoms with Crippen molar-refractivity contribution in [1.29, 1.82) is 0 Å². The fourth-order valence-corrected chi connectivity index (χ4v) is 1.87. The molecular weight excluding hydrogens is 208 g/mol. The van der Waals surface area contributed by atoms with Gasteiger partial charge in [-0.1, -0.05) is 32.3 Å². The van der Waals surface area contributed by atoms with Gasteiger partial charge in [0.1, 0.15) is 0 Å². The number of carbonyl (C=O) groups excluding carboxylic acids is 1. The Morgan fingerprint density at radius 1 is 1.38 bits per heavy atom. The van der Waals surface area contributed by atoms with Crippen LogP contribution in [0.15, 0.2) is 11.6 Å². The maximum Gasteiger partial charge on any atom is 0.331 e. The van der Waals surface area contributed by atoms with Crippen LogP contribution < -0.4 is 0 Å². The molecule has 0 heterocycles. The lowest BCUT2D eigenvalue weighted by atomic mass is 9.97. The van der Waals surface area contributed by atoms with Gasteiger partial charge in [-0.05, 0) is 18.4 Å². The zero-order chi connectivity index (χ0) is 12.2. The minimum absolute atomic E-state index is 0.675. The smallest absolute Gasteiger partial charge is 0.331 e. The van der Waals surface area contributed by atoms with Crippen LogP contribution in [0.2, 0.25) is 0 Å². The van der Waals surface area contributed by atoms with Crippen LogP contribution in [0, 0.1) is 5.41 Å².